The van der Waals surface area contributed by atoms with E-state index in [-0.39, 0.29) is 0 Å². The zero-order chi connectivity index (χ0) is 12.6. The van der Waals surface area contributed by atoms with Crippen molar-refractivity contribution in [3.05, 3.63) is 36.5 Å². The van der Waals surface area contributed by atoms with Gasteiger partial charge in [-0.2, -0.15) is 0 Å². The summed E-state index contributed by atoms with van der Waals surface area (Å²) in [6.07, 6.45) is 9.58. The van der Waals surface area contributed by atoms with E-state index >= 15 is 0 Å². The Labute approximate surface area is 102 Å². The standard InChI is InChI=1S/C14H22.C2H6/c1-11(2)5-8-13(4)14-9-6-12(3)7-10-14;1-2/h5,8,12,14H,1,4,6-7,9-10H2,2-3H3;1-2H3/b8-5-;. The quantitative estimate of drug-likeness (QED) is 0.549. The van der Waals surface area contributed by atoms with Crippen molar-refractivity contribution < 1.29 is 0 Å². The summed E-state index contributed by atoms with van der Waals surface area (Å²) in [5.74, 6) is 1.64. The SMILES string of the molecule is C=C(C)/C=C\C(=C)C1CCC(C)CC1.CC. The second kappa shape index (κ2) is 8.38. The molecule has 0 spiro atoms. The predicted octanol–water partition coefficient (Wildman–Crippen LogP) is 5.53. The molecule has 92 valence electrons. The van der Waals surface area contributed by atoms with Crippen LogP contribution in [-0.2, 0) is 0 Å². The first-order valence-electron chi connectivity index (χ1n) is 6.62. The summed E-state index contributed by atoms with van der Waals surface area (Å²) in [6.45, 7) is 16.4. The summed E-state index contributed by atoms with van der Waals surface area (Å²) < 4.78 is 0. The molecule has 0 nitrogen and oxygen atoms in total. The van der Waals surface area contributed by atoms with Gasteiger partial charge in [0.15, 0.2) is 0 Å². The minimum Gasteiger partial charge on any atom is -0.0961 e. The van der Waals surface area contributed by atoms with Crippen LogP contribution in [0.5, 0.6) is 0 Å². The maximum Gasteiger partial charge on any atom is -0.0168 e. The van der Waals surface area contributed by atoms with Gasteiger partial charge in [-0.05, 0) is 31.6 Å². The molecule has 0 atom stereocenters. The Morgan fingerprint density at radius 3 is 1.94 bits per heavy atom. The molecule has 1 rings (SSSR count). The predicted molar refractivity (Wildman–Crippen MR) is 75.6 cm³/mol. The molecule has 0 aliphatic heterocycles. The van der Waals surface area contributed by atoms with E-state index in [4.69, 9.17) is 0 Å². The largest absolute Gasteiger partial charge is 0.0961 e. The maximum atomic E-state index is 4.15. The average molecular weight is 220 g/mol. The molecular weight excluding hydrogens is 192 g/mol. The summed E-state index contributed by atoms with van der Waals surface area (Å²) in [5, 5.41) is 0. The van der Waals surface area contributed by atoms with Crippen LogP contribution in [0.1, 0.15) is 53.4 Å². The van der Waals surface area contributed by atoms with E-state index in [1.807, 2.05) is 20.8 Å². The van der Waals surface area contributed by atoms with Crippen LogP contribution in [0.15, 0.2) is 36.5 Å². The van der Waals surface area contributed by atoms with Gasteiger partial charge in [-0.15, -0.1) is 0 Å². The van der Waals surface area contributed by atoms with Gasteiger partial charge in [0, 0.05) is 0 Å². The van der Waals surface area contributed by atoms with Crippen molar-refractivity contribution in [1.29, 1.82) is 0 Å². The summed E-state index contributed by atoms with van der Waals surface area (Å²) in [5.41, 5.74) is 2.40. The Balaban J connectivity index is 0.00000106. The monoisotopic (exact) mass is 220 g/mol. The van der Waals surface area contributed by atoms with Crippen molar-refractivity contribution in [3.8, 4) is 0 Å². The van der Waals surface area contributed by atoms with Crippen molar-refractivity contribution in [2.75, 3.05) is 0 Å². The van der Waals surface area contributed by atoms with Crippen molar-refractivity contribution >= 4 is 0 Å². The molecule has 0 saturated heterocycles. The molecule has 0 N–H and O–H groups in total. The summed E-state index contributed by atoms with van der Waals surface area (Å²) in [6, 6.07) is 0. The molecule has 16 heavy (non-hydrogen) atoms. The first kappa shape index (κ1) is 15.2. The third kappa shape index (κ3) is 5.95. The van der Waals surface area contributed by atoms with Crippen molar-refractivity contribution in [3.63, 3.8) is 0 Å². The number of rotatable bonds is 3. The van der Waals surface area contributed by atoms with E-state index < -0.39 is 0 Å². The minimum absolute atomic E-state index is 0.724. The molecular formula is C16H28. The third-order valence-electron chi connectivity index (χ3n) is 3.12. The zero-order valence-electron chi connectivity index (χ0n) is 11.6. The second-order valence-electron chi connectivity index (χ2n) is 4.71. The highest BCUT2D eigenvalue weighted by molar-refractivity contribution is 5.25. The highest BCUT2D eigenvalue weighted by Gasteiger charge is 2.18. The van der Waals surface area contributed by atoms with Crippen LogP contribution in [0.2, 0.25) is 0 Å². The molecule has 1 aliphatic rings. The molecule has 0 radical (unpaired) electrons. The molecule has 0 heterocycles. The van der Waals surface area contributed by atoms with Crippen LogP contribution < -0.4 is 0 Å². The lowest BCUT2D eigenvalue weighted by Gasteiger charge is -2.26. The molecule has 1 fully saturated rings. The fraction of sp³-hybridized carbons (Fsp3) is 0.625. The van der Waals surface area contributed by atoms with E-state index in [9.17, 15) is 0 Å². The van der Waals surface area contributed by atoms with Gasteiger partial charge in [-0.3, -0.25) is 0 Å². The molecule has 0 aromatic rings. The van der Waals surface area contributed by atoms with Gasteiger partial charge >= 0.3 is 0 Å². The maximum absolute atomic E-state index is 4.15. The number of hydrogen-bond donors (Lipinski definition) is 0. The second-order valence-corrected chi connectivity index (χ2v) is 4.71. The van der Waals surface area contributed by atoms with E-state index in [0.29, 0.717) is 0 Å². The van der Waals surface area contributed by atoms with E-state index in [2.05, 4.69) is 32.2 Å². The smallest absolute Gasteiger partial charge is 0.0168 e. The van der Waals surface area contributed by atoms with E-state index in [1.54, 1.807) is 0 Å². The van der Waals surface area contributed by atoms with Gasteiger partial charge in [0.1, 0.15) is 0 Å². The molecule has 0 unspecified atom stereocenters. The van der Waals surface area contributed by atoms with Crippen LogP contribution in [0.4, 0.5) is 0 Å². The van der Waals surface area contributed by atoms with Gasteiger partial charge in [-0.25, -0.2) is 0 Å². The highest BCUT2D eigenvalue weighted by Crippen LogP contribution is 2.32. The molecule has 0 aromatic carbocycles. The third-order valence-corrected chi connectivity index (χ3v) is 3.12. The Bertz CT molecular complexity index is 237. The Morgan fingerprint density at radius 1 is 1.00 bits per heavy atom. The Hall–Kier alpha value is -0.780. The van der Waals surface area contributed by atoms with Crippen molar-refractivity contribution in [1.82, 2.24) is 0 Å². The van der Waals surface area contributed by atoms with Crippen LogP contribution in [-0.4, -0.2) is 0 Å². The lowest BCUT2D eigenvalue weighted by Crippen LogP contribution is -2.12. The number of hydrogen-bond acceptors (Lipinski definition) is 0. The Morgan fingerprint density at radius 2 is 1.50 bits per heavy atom. The fourth-order valence-electron chi connectivity index (χ4n) is 2.02. The zero-order valence-corrected chi connectivity index (χ0v) is 11.6. The van der Waals surface area contributed by atoms with Gasteiger partial charge in [0.25, 0.3) is 0 Å². The highest BCUT2D eigenvalue weighted by atomic mass is 14.2. The topological polar surface area (TPSA) is 0 Å². The molecule has 0 aromatic heterocycles. The summed E-state index contributed by atoms with van der Waals surface area (Å²) >= 11 is 0. The minimum atomic E-state index is 0.724. The molecule has 0 heteroatoms. The lowest BCUT2D eigenvalue weighted by atomic mass is 9.79. The lowest BCUT2D eigenvalue weighted by molar-refractivity contribution is 0.324. The summed E-state index contributed by atoms with van der Waals surface area (Å²) in [7, 11) is 0. The molecule has 0 amide bonds. The van der Waals surface area contributed by atoms with Gasteiger partial charge in [-0.1, -0.05) is 70.1 Å². The van der Waals surface area contributed by atoms with Gasteiger partial charge in [0.2, 0.25) is 0 Å². The molecule has 0 bridgehead atoms. The van der Waals surface area contributed by atoms with Crippen molar-refractivity contribution in [2.45, 2.75) is 53.4 Å². The normalized spacial score (nSPS) is 24.8. The first-order valence-corrected chi connectivity index (χ1v) is 6.62. The summed E-state index contributed by atoms with van der Waals surface area (Å²) in [4.78, 5) is 0. The molecule has 1 saturated carbocycles. The van der Waals surface area contributed by atoms with Crippen LogP contribution in [0.3, 0.4) is 0 Å². The van der Waals surface area contributed by atoms with Gasteiger partial charge in [0.05, 0.1) is 0 Å². The van der Waals surface area contributed by atoms with E-state index in [1.165, 1.54) is 31.3 Å². The van der Waals surface area contributed by atoms with Crippen molar-refractivity contribution in [2.24, 2.45) is 11.8 Å². The van der Waals surface area contributed by atoms with Crippen LogP contribution in [0, 0.1) is 11.8 Å². The average Bonchev–Trinajstić information content (AvgIpc) is 2.29. The van der Waals surface area contributed by atoms with Crippen LogP contribution in [0.25, 0.3) is 0 Å². The fourth-order valence-corrected chi connectivity index (χ4v) is 2.02. The van der Waals surface area contributed by atoms with Gasteiger partial charge < -0.3 is 0 Å². The first-order chi connectivity index (χ1) is 7.59. The van der Waals surface area contributed by atoms with Crippen LogP contribution >= 0.6 is 0 Å². The van der Waals surface area contributed by atoms with E-state index in [0.717, 1.165) is 17.4 Å². The Kier molecular flexibility index (Phi) is 7.97. The number of allylic oxidation sites excluding steroid dienone is 4. The molecule has 1 aliphatic carbocycles.